The molecule has 3 heteroatoms. The molecular weight excluding hydrogens is 390 g/mol. The van der Waals surface area contributed by atoms with Gasteiger partial charge in [0.25, 0.3) is 0 Å². The van der Waals surface area contributed by atoms with Crippen molar-refractivity contribution in [2.45, 2.75) is 83.6 Å². The van der Waals surface area contributed by atoms with Gasteiger partial charge in [0.05, 0.1) is 0 Å². The zero-order valence-corrected chi connectivity index (χ0v) is 21.1. The van der Waals surface area contributed by atoms with Crippen molar-refractivity contribution in [3.8, 4) is 0 Å². The van der Waals surface area contributed by atoms with Gasteiger partial charge in [0, 0.05) is 43.6 Å². The lowest BCUT2D eigenvalue weighted by Crippen LogP contribution is -2.34. The summed E-state index contributed by atoms with van der Waals surface area (Å²) < 4.78 is 0. The number of benzene rings is 2. The fourth-order valence-electron chi connectivity index (χ4n) is 5.53. The van der Waals surface area contributed by atoms with Crippen molar-refractivity contribution >= 4 is 11.4 Å². The largest absolute Gasteiger partial charge is 0.371 e. The highest BCUT2D eigenvalue weighted by Gasteiger charge is 2.29. The summed E-state index contributed by atoms with van der Waals surface area (Å²) in [6, 6.07) is 16.6. The van der Waals surface area contributed by atoms with Crippen LogP contribution in [0.4, 0.5) is 11.4 Å². The lowest BCUT2D eigenvalue weighted by molar-refractivity contribution is 0.498. The summed E-state index contributed by atoms with van der Waals surface area (Å²) in [5.74, 6) is 0.643. The zero-order valence-electron chi connectivity index (χ0n) is 21.1. The van der Waals surface area contributed by atoms with Crippen LogP contribution in [0.25, 0.3) is 0 Å². The fraction of sp³-hybridized carbons (Fsp3) is 0.586. The normalized spacial score (nSPS) is 20.8. The molecule has 0 bridgehead atoms. The van der Waals surface area contributed by atoms with Crippen molar-refractivity contribution in [1.82, 2.24) is 0 Å². The Hall–Kier alpha value is -2.00. The Morgan fingerprint density at radius 1 is 0.719 bits per heavy atom. The molecule has 0 amide bonds. The Morgan fingerprint density at radius 3 is 1.91 bits per heavy atom. The van der Waals surface area contributed by atoms with Crippen LogP contribution >= 0.6 is 0 Å². The predicted octanol–water partition coefficient (Wildman–Crippen LogP) is 6.20. The predicted molar refractivity (Wildman–Crippen MR) is 139 cm³/mol. The second kappa shape index (κ2) is 8.74. The van der Waals surface area contributed by atoms with Crippen molar-refractivity contribution < 1.29 is 0 Å². The minimum absolute atomic E-state index is 0.129. The molecule has 3 nitrogen and oxygen atoms in total. The van der Waals surface area contributed by atoms with E-state index in [9.17, 15) is 0 Å². The van der Waals surface area contributed by atoms with E-state index >= 15 is 0 Å². The molecule has 4 rings (SSSR count). The second-order valence-electron chi connectivity index (χ2n) is 12.0. The quantitative estimate of drug-likeness (QED) is 0.625. The molecule has 1 atom stereocenters. The summed E-state index contributed by atoms with van der Waals surface area (Å²) in [5, 5.41) is 0. The first-order chi connectivity index (χ1) is 15.0. The van der Waals surface area contributed by atoms with Crippen LogP contribution in [-0.2, 0) is 10.8 Å². The Balaban J connectivity index is 1.53. The standard InChI is InChI=1S/C29H43N3/c1-28(2,3)24-9-7-8-10-26(24)31-16-13-21(14-17-31)22-11-12-27(25(19-22)29(4,5)6)32-18-15-23(30)20-32/h7-12,19,21,23H,13-18,20,30H2,1-6H3/t23-/m1/s1. The van der Waals surface area contributed by atoms with Gasteiger partial charge in [-0.05, 0) is 64.8 Å². The molecular formula is C29H43N3. The second-order valence-corrected chi connectivity index (χ2v) is 12.0. The van der Waals surface area contributed by atoms with Crippen molar-refractivity contribution in [1.29, 1.82) is 0 Å². The minimum Gasteiger partial charge on any atom is -0.371 e. The number of hydrogen-bond donors (Lipinski definition) is 1. The number of nitrogens with two attached hydrogens (primary N) is 1. The maximum atomic E-state index is 6.22. The van der Waals surface area contributed by atoms with Crippen molar-refractivity contribution in [3.05, 3.63) is 59.2 Å². The lowest BCUT2D eigenvalue weighted by Gasteiger charge is -2.37. The van der Waals surface area contributed by atoms with Gasteiger partial charge in [-0.15, -0.1) is 0 Å². The van der Waals surface area contributed by atoms with E-state index in [4.69, 9.17) is 5.73 Å². The first-order valence-corrected chi connectivity index (χ1v) is 12.5. The SMILES string of the molecule is CC(C)(C)c1ccccc1N1CCC(c2ccc(N3CC[C@@H](N)C3)c(C(C)(C)C)c2)CC1. The van der Waals surface area contributed by atoms with Gasteiger partial charge in [-0.2, -0.15) is 0 Å². The van der Waals surface area contributed by atoms with Crippen LogP contribution in [0.2, 0.25) is 0 Å². The number of anilines is 2. The van der Waals surface area contributed by atoms with Gasteiger partial charge in [0.1, 0.15) is 0 Å². The van der Waals surface area contributed by atoms with E-state index in [-0.39, 0.29) is 10.8 Å². The average Bonchev–Trinajstić information content (AvgIpc) is 3.18. The third kappa shape index (κ3) is 4.83. The van der Waals surface area contributed by atoms with Gasteiger partial charge in [-0.3, -0.25) is 0 Å². The van der Waals surface area contributed by atoms with Gasteiger partial charge in [-0.1, -0.05) is 71.9 Å². The number of hydrogen-bond acceptors (Lipinski definition) is 3. The van der Waals surface area contributed by atoms with E-state index in [1.165, 1.54) is 40.9 Å². The van der Waals surface area contributed by atoms with Crippen LogP contribution in [0.3, 0.4) is 0 Å². The van der Waals surface area contributed by atoms with E-state index < -0.39 is 0 Å². The number of para-hydroxylation sites is 1. The molecule has 2 N–H and O–H groups in total. The van der Waals surface area contributed by atoms with E-state index in [2.05, 4.69) is 93.8 Å². The molecule has 0 radical (unpaired) electrons. The van der Waals surface area contributed by atoms with E-state index in [1.807, 2.05) is 0 Å². The fourth-order valence-corrected chi connectivity index (χ4v) is 5.53. The monoisotopic (exact) mass is 433 g/mol. The lowest BCUT2D eigenvalue weighted by atomic mass is 9.80. The molecule has 0 unspecified atom stereocenters. The summed E-state index contributed by atoms with van der Waals surface area (Å²) >= 11 is 0. The molecule has 2 aliphatic heterocycles. The molecule has 2 saturated heterocycles. The maximum absolute atomic E-state index is 6.22. The Bertz CT molecular complexity index is 926. The van der Waals surface area contributed by atoms with Crippen LogP contribution in [0.5, 0.6) is 0 Å². The topological polar surface area (TPSA) is 32.5 Å². The van der Waals surface area contributed by atoms with Crippen molar-refractivity contribution in [2.24, 2.45) is 5.73 Å². The van der Waals surface area contributed by atoms with Crippen LogP contribution < -0.4 is 15.5 Å². The summed E-state index contributed by atoms with van der Waals surface area (Å²) in [7, 11) is 0. The average molecular weight is 434 g/mol. The maximum Gasteiger partial charge on any atom is 0.0404 e. The molecule has 2 fully saturated rings. The van der Waals surface area contributed by atoms with Gasteiger partial charge in [0.15, 0.2) is 0 Å². The molecule has 0 aromatic heterocycles. The summed E-state index contributed by atoms with van der Waals surface area (Å²) in [4.78, 5) is 5.11. The molecule has 2 aliphatic rings. The van der Waals surface area contributed by atoms with E-state index in [0.29, 0.717) is 12.0 Å². The van der Waals surface area contributed by atoms with Crippen LogP contribution in [0.1, 0.15) is 83.4 Å². The molecule has 2 aromatic rings. The van der Waals surface area contributed by atoms with Gasteiger partial charge < -0.3 is 15.5 Å². The van der Waals surface area contributed by atoms with Crippen molar-refractivity contribution in [2.75, 3.05) is 36.0 Å². The molecule has 0 saturated carbocycles. The third-order valence-corrected chi connectivity index (χ3v) is 7.41. The molecule has 2 aromatic carbocycles. The molecule has 174 valence electrons. The van der Waals surface area contributed by atoms with E-state index in [1.54, 1.807) is 0 Å². The zero-order chi connectivity index (χ0) is 23.1. The van der Waals surface area contributed by atoms with Crippen molar-refractivity contribution in [3.63, 3.8) is 0 Å². The summed E-state index contributed by atoms with van der Waals surface area (Å²) in [6.45, 7) is 18.3. The smallest absolute Gasteiger partial charge is 0.0404 e. The molecule has 32 heavy (non-hydrogen) atoms. The van der Waals surface area contributed by atoms with Gasteiger partial charge in [0.2, 0.25) is 0 Å². The van der Waals surface area contributed by atoms with Crippen LogP contribution in [0, 0.1) is 0 Å². The summed E-state index contributed by atoms with van der Waals surface area (Å²) in [6.07, 6.45) is 3.53. The Labute approximate surface area is 196 Å². The number of rotatable bonds is 3. The first-order valence-electron chi connectivity index (χ1n) is 12.5. The van der Waals surface area contributed by atoms with Crippen LogP contribution in [0.15, 0.2) is 42.5 Å². The molecule has 0 aliphatic carbocycles. The molecule has 0 spiro atoms. The van der Waals surface area contributed by atoms with Crippen LogP contribution in [-0.4, -0.2) is 32.2 Å². The Morgan fingerprint density at radius 2 is 1.31 bits per heavy atom. The third-order valence-electron chi connectivity index (χ3n) is 7.41. The minimum atomic E-state index is 0.129. The van der Waals surface area contributed by atoms with Gasteiger partial charge >= 0.3 is 0 Å². The number of piperidine rings is 1. The highest BCUT2D eigenvalue weighted by Crippen LogP contribution is 2.40. The Kier molecular flexibility index (Phi) is 6.33. The highest BCUT2D eigenvalue weighted by molar-refractivity contribution is 5.60. The van der Waals surface area contributed by atoms with Gasteiger partial charge in [-0.25, -0.2) is 0 Å². The number of nitrogens with zero attached hydrogens (tertiary/aromatic N) is 2. The molecule has 2 heterocycles. The summed E-state index contributed by atoms with van der Waals surface area (Å²) in [5.41, 5.74) is 13.8. The van der Waals surface area contributed by atoms with E-state index in [0.717, 1.165) is 32.6 Å². The highest BCUT2D eigenvalue weighted by atomic mass is 15.2. The first kappa shape index (κ1) is 23.2.